The maximum Gasteiger partial charge on any atom is 0.254 e. The second kappa shape index (κ2) is 9.69. The van der Waals surface area contributed by atoms with Crippen LogP contribution in [0.15, 0.2) is 72.8 Å². The van der Waals surface area contributed by atoms with Gasteiger partial charge in [-0.25, -0.2) is 0 Å². The third kappa shape index (κ3) is 5.08. The quantitative estimate of drug-likeness (QED) is 0.516. The Balaban J connectivity index is 1.57. The molecule has 3 aromatic rings. The molecule has 1 aliphatic rings. The van der Waals surface area contributed by atoms with Gasteiger partial charge in [-0.1, -0.05) is 54.6 Å². The van der Waals surface area contributed by atoms with E-state index in [1.165, 1.54) is 16.7 Å². The zero-order valence-electron chi connectivity index (χ0n) is 18.2. The van der Waals surface area contributed by atoms with Crippen LogP contribution < -0.4 is 9.47 Å². The predicted octanol–water partition coefficient (Wildman–Crippen LogP) is 5.43. The van der Waals surface area contributed by atoms with E-state index >= 15 is 0 Å². The van der Waals surface area contributed by atoms with Crippen molar-refractivity contribution in [1.82, 2.24) is 4.90 Å². The van der Waals surface area contributed by atoms with Crippen molar-refractivity contribution in [1.29, 1.82) is 0 Å². The van der Waals surface area contributed by atoms with Crippen LogP contribution in [0.5, 0.6) is 11.5 Å². The topological polar surface area (TPSA) is 38.8 Å². The summed E-state index contributed by atoms with van der Waals surface area (Å²) in [4.78, 5) is 15.6. The van der Waals surface area contributed by atoms with Crippen molar-refractivity contribution in [3.05, 3.63) is 95.1 Å². The van der Waals surface area contributed by atoms with E-state index in [1.54, 1.807) is 0 Å². The average Bonchev–Trinajstić information content (AvgIpc) is 2.82. The highest BCUT2D eigenvalue weighted by atomic mass is 16.6. The molecule has 0 N–H and O–H groups in total. The van der Waals surface area contributed by atoms with E-state index < -0.39 is 0 Å². The maximum atomic E-state index is 13.6. The molecular formula is C27H29NO3. The molecule has 0 saturated heterocycles. The van der Waals surface area contributed by atoms with Gasteiger partial charge in [0.2, 0.25) is 0 Å². The molecule has 0 aliphatic carbocycles. The summed E-state index contributed by atoms with van der Waals surface area (Å²) in [5.74, 6) is 1.36. The Morgan fingerprint density at radius 3 is 2.42 bits per heavy atom. The zero-order chi connectivity index (χ0) is 21.6. The Bertz CT molecular complexity index is 1030. The van der Waals surface area contributed by atoms with E-state index in [4.69, 9.17) is 9.47 Å². The monoisotopic (exact) mass is 415 g/mol. The number of carbonyl (C=O) groups is 1. The highest BCUT2D eigenvalue weighted by molar-refractivity contribution is 5.95. The number of aryl methyl sites for hydroxylation is 2. The number of fused-ring (bicyclic) bond motifs is 1. The summed E-state index contributed by atoms with van der Waals surface area (Å²) in [7, 11) is 0. The number of benzene rings is 3. The summed E-state index contributed by atoms with van der Waals surface area (Å²) in [5, 5.41) is 0. The molecule has 160 valence electrons. The third-order valence-corrected chi connectivity index (χ3v) is 5.88. The molecule has 3 aromatic carbocycles. The van der Waals surface area contributed by atoms with Crippen LogP contribution in [-0.4, -0.2) is 30.1 Å². The average molecular weight is 416 g/mol. The van der Waals surface area contributed by atoms with Gasteiger partial charge < -0.3 is 14.4 Å². The number of rotatable bonds is 7. The first kappa shape index (κ1) is 21.0. The van der Waals surface area contributed by atoms with Gasteiger partial charge in [0.05, 0.1) is 0 Å². The fourth-order valence-corrected chi connectivity index (χ4v) is 3.92. The molecule has 4 rings (SSSR count). The van der Waals surface area contributed by atoms with E-state index in [9.17, 15) is 4.79 Å². The first-order valence-electron chi connectivity index (χ1n) is 10.9. The minimum absolute atomic E-state index is 0.0146. The molecule has 1 atom stereocenters. The van der Waals surface area contributed by atoms with Crippen LogP contribution in [0, 0.1) is 6.92 Å². The molecule has 4 nitrogen and oxygen atoms in total. The lowest BCUT2D eigenvalue weighted by molar-refractivity contribution is 0.0666. The Morgan fingerprint density at radius 1 is 0.935 bits per heavy atom. The maximum absolute atomic E-state index is 13.6. The Hall–Kier alpha value is -3.27. The number of nitrogens with zero attached hydrogens (tertiary/aromatic N) is 1. The normalized spacial score (nSPS) is 13.5. The van der Waals surface area contributed by atoms with E-state index in [2.05, 4.69) is 50.2 Å². The number of ether oxygens (including phenoxy) is 2. The van der Waals surface area contributed by atoms with E-state index in [0.29, 0.717) is 36.8 Å². The van der Waals surface area contributed by atoms with E-state index in [0.717, 1.165) is 12.8 Å². The van der Waals surface area contributed by atoms with Crippen LogP contribution in [0.1, 0.15) is 40.4 Å². The van der Waals surface area contributed by atoms with Crippen molar-refractivity contribution in [3.8, 4) is 11.5 Å². The van der Waals surface area contributed by atoms with E-state index in [1.807, 2.05) is 41.3 Å². The SMILES string of the molecule is Cc1ccccc1CN(C(=O)c1ccc2c(c1)OCCO2)[C@@H](C)CCc1ccccc1. The van der Waals surface area contributed by atoms with Gasteiger partial charge in [-0.15, -0.1) is 0 Å². The van der Waals surface area contributed by atoms with Crippen LogP contribution in [0.25, 0.3) is 0 Å². The molecule has 0 unspecified atom stereocenters. The highest BCUT2D eigenvalue weighted by Gasteiger charge is 2.24. The van der Waals surface area contributed by atoms with Crippen molar-refractivity contribution in [2.24, 2.45) is 0 Å². The summed E-state index contributed by atoms with van der Waals surface area (Å²) in [6, 6.07) is 24.3. The van der Waals surface area contributed by atoms with Gasteiger partial charge in [-0.2, -0.15) is 0 Å². The summed E-state index contributed by atoms with van der Waals surface area (Å²) in [6.07, 6.45) is 1.83. The van der Waals surface area contributed by atoms with Gasteiger partial charge in [-0.3, -0.25) is 4.79 Å². The molecule has 4 heteroatoms. The lowest BCUT2D eigenvalue weighted by Crippen LogP contribution is -2.38. The van der Waals surface area contributed by atoms with Crippen LogP contribution in [0.2, 0.25) is 0 Å². The third-order valence-electron chi connectivity index (χ3n) is 5.88. The fourth-order valence-electron chi connectivity index (χ4n) is 3.92. The van der Waals surface area contributed by atoms with E-state index in [-0.39, 0.29) is 11.9 Å². The fraction of sp³-hybridized carbons (Fsp3) is 0.296. The lowest BCUT2D eigenvalue weighted by atomic mass is 10.0. The first-order chi connectivity index (χ1) is 15.1. The van der Waals surface area contributed by atoms with Gasteiger partial charge in [0.25, 0.3) is 5.91 Å². The summed E-state index contributed by atoms with van der Waals surface area (Å²) >= 11 is 0. The van der Waals surface area contributed by atoms with Gasteiger partial charge in [-0.05, 0) is 61.6 Å². The second-order valence-corrected chi connectivity index (χ2v) is 8.09. The second-order valence-electron chi connectivity index (χ2n) is 8.09. The molecule has 0 spiro atoms. The van der Waals surface area contributed by atoms with Crippen molar-refractivity contribution in [3.63, 3.8) is 0 Å². The van der Waals surface area contributed by atoms with Gasteiger partial charge in [0.15, 0.2) is 11.5 Å². The summed E-state index contributed by atoms with van der Waals surface area (Å²) < 4.78 is 11.3. The molecule has 0 saturated carbocycles. The van der Waals surface area contributed by atoms with Crippen molar-refractivity contribution < 1.29 is 14.3 Å². The molecule has 1 heterocycles. The Kier molecular flexibility index (Phi) is 6.56. The summed E-state index contributed by atoms with van der Waals surface area (Å²) in [5.41, 5.74) is 4.28. The smallest absolute Gasteiger partial charge is 0.254 e. The molecule has 31 heavy (non-hydrogen) atoms. The molecule has 0 aromatic heterocycles. The Labute approximate surface area is 184 Å². The van der Waals surface area contributed by atoms with Crippen LogP contribution in [0.3, 0.4) is 0 Å². The Morgan fingerprint density at radius 2 is 1.65 bits per heavy atom. The summed E-state index contributed by atoms with van der Waals surface area (Å²) in [6.45, 7) is 5.85. The zero-order valence-corrected chi connectivity index (χ0v) is 18.2. The number of hydrogen-bond donors (Lipinski definition) is 0. The minimum Gasteiger partial charge on any atom is -0.486 e. The molecule has 1 aliphatic heterocycles. The van der Waals surface area contributed by atoms with Crippen LogP contribution >= 0.6 is 0 Å². The van der Waals surface area contributed by atoms with Crippen LogP contribution in [0.4, 0.5) is 0 Å². The lowest BCUT2D eigenvalue weighted by Gasteiger charge is -2.31. The molecule has 0 bridgehead atoms. The van der Waals surface area contributed by atoms with Gasteiger partial charge >= 0.3 is 0 Å². The first-order valence-corrected chi connectivity index (χ1v) is 10.9. The standard InChI is InChI=1S/C27H29NO3/c1-20-8-6-7-11-24(20)19-28(21(2)12-13-22-9-4-3-5-10-22)27(29)23-14-15-25-26(18-23)31-17-16-30-25/h3-11,14-15,18,21H,12-13,16-17,19H2,1-2H3/t21-/m0/s1. The number of carbonyl (C=O) groups excluding carboxylic acids is 1. The number of amides is 1. The molecule has 0 radical (unpaired) electrons. The molecule has 1 amide bonds. The minimum atomic E-state index is 0.0146. The van der Waals surface area contributed by atoms with Crippen LogP contribution in [-0.2, 0) is 13.0 Å². The molecular weight excluding hydrogens is 386 g/mol. The predicted molar refractivity (Wildman–Crippen MR) is 123 cm³/mol. The van der Waals surface area contributed by atoms with Crippen molar-refractivity contribution in [2.75, 3.05) is 13.2 Å². The highest BCUT2D eigenvalue weighted by Crippen LogP contribution is 2.31. The van der Waals surface area contributed by atoms with Gasteiger partial charge in [0.1, 0.15) is 13.2 Å². The number of hydrogen-bond acceptors (Lipinski definition) is 3. The van der Waals surface area contributed by atoms with Crippen molar-refractivity contribution in [2.45, 2.75) is 39.3 Å². The van der Waals surface area contributed by atoms with Gasteiger partial charge in [0, 0.05) is 18.2 Å². The van der Waals surface area contributed by atoms with Crippen molar-refractivity contribution >= 4 is 5.91 Å². The molecule has 0 fully saturated rings. The largest absolute Gasteiger partial charge is 0.486 e.